The number of carbonyl (C=O) groups is 1. The van der Waals surface area contributed by atoms with E-state index in [1.165, 1.54) is 44.5 Å². The fourth-order valence-electron chi connectivity index (χ4n) is 2.97. The van der Waals surface area contributed by atoms with Crippen LogP contribution in [0.5, 0.6) is 11.5 Å². The molecule has 2 aromatic rings. The smallest absolute Gasteiger partial charge is 0.345 e. The Hall–Kier alpha value is -3.40. The Morgan fingerprint density at radius 3 is 2.42 bits per heavy atom. The summed E-state index contributed by atoms with van der Waals surface area (Å²) in [6, 6.07) is 10.6. The van der Waals surface area contributed by atoms with Crippen molar-refractivity contribution in [3.8, 4) is 11.5 Å². The normalized spacial score (nSPS) is 15.0. The van der Waals surface area contributed by atoms with Gasteiger partial charge in [0.05, 0.1) is 19.9 Å². The lowest BCUT2D eigenvalue weighted by Gasteiger charge is -2.23. The summed E-state index contributed by atoms with van der Waals surface area (Å²) in [7, 11) is 0.244. The molecule has 1 heterocycles. The highest BCUT2D eigenvalue weighted by Crippen LogP contribution is 2.27. The second-order valence-electron chi connectivity index (χ2n) is 6.65. The number of carbonyl (C=O) groups excluding carboxylic acids is 1. The van der Waals surface area contributed by atoms with Crippen LogP contribution in [0, 0.1) is 5.82 Å². The van der Waals surface area contributed by atoms with Gasteiger partial charge in [-0.1, -0.05) is 6.07 Å². The Morgan fingerprint density at radius 1 is 1.10 bits per heavy atom. The zero-order chi connectivity index (χ0) is 22.6. The SMILES string of the molecule is COc1ccc(CCNC(=O)C2=CC(c3ccc(F)cc3)=NS(=O)(=O)N2C)cc1OC. The number of amides is 1. The van der Waals surface area contributed by atoms with Crippen LogP contribution in [-0.4, -0.2) is 52.2 Å². The van der Waals surface area contributed by atoms with Crippen LogP contribution in [0.3, 0.4) is 0 Å². The lowest BCUT2D eigenvalue weighted by Crippen LogP contribution is -2.39. The molecule has 1 aliphatic heterocycles. The molecular formula is C21H22FN3O5S. The number of hydrogen-bond donors (Lipinski definition) is 1. The van der Waals surface area contributed by atoms with Crippen LogP contribution in [0.2, 0.25) is 0 Å². The summed E-state index contributed by atoms with van der Waals surface area (Å²) in [5, 5.41) is 2.72. The van der Waals surface area contributed by atoms with E-state index < -0.39 is 21.9 Å². The lowest BCUT2D eigenvalue weighted by molar-refractivity contribution is -0.118. The fourth-order valence-corrected chi connectivity index (χ4v) is 3.88. The fraction of sp³-hybridized carbons (Fsp3) is 0.238. The van der Waals surface area contributed by atoms with Crippen molar-refractivity contribution in [1.82, 2.24) is 9.62 Å². The molecule has 1 aliphatic rings. The zero-order valence-corrected chi connectivity index (χ0v) is 18.1. The summed E-state index contributed by atoms with van der Waals surface area (Å²) in [6.07, 6.45) is 1.86. The Bertz CT molecular complexity index is 1140. The molecule has 0 unspecified atom stereocenters. The molecule has 164 valence electrons. The maximum absolute atomic E-state index is 13.2. The van der Waals surface area contributed by atoms with E-state index in [0.29, 0.717) is 23.5 Å². The van der Waals surface area contributed by atoms with E-state index in [-0.39, 0.29) is 18.0 Å². The van der Waals surface area contributed by atoms with E-state index in [1.807, 2.05) is 6.07 Å². The van der Waals surface area contributed by atoms with Crippen molar-refractivity contribution >= 4 is 21.8 Å². The Morgan fingerprint density at radius 2 is 1.77 bits per heavy atom. The molecule has 0 aromatic heterocycles. The lowest BCUT2D eigenvalue weighted by atomic mass is 10.1. The minimum atomic E-state index is -4.09. The number of nitrogens with one attached hydrogen (secondary N) is 1. The summed E-state index contributed by atoms with van der Waals surface area (Å²) in [4.78, 5) is 12.7. The summed E-state index contributed by atoms with van der Waals surface area (Å²) in [5.41, 5.74) is 1.27. The third kappa shape index (κ3) is 5.02. The highest BCUT2D eigenvalue weighted by atomic mass is 32.2. The summed E-state index contributed by atoms with van der Waals surface area (Å²) in [5.74, 6) is 0.146. The van der Waals surface area contributed by atoms with E-state index in [9.17, 15) is 17.6 Å². The Kier molecular flexibility index (Phi) is 6.59. The molecule has 0 fully saturated rings. The van der Waals surface area contributed by atoms with Crippen molar-refractivity contribution < 1.29 is 27.1 Å². The van der Waals surface area contributed by atoms with Crippen LogP contribution in [0.1, 0.15) is 11.1 Å². The van der Waals surface area contributed by atoms with Crippen LogP contribution in [0.4, 0.5) is 4.39 Å². The van der Waals surface area contributed by atoms with E-state index >= 15 is 0 Å². The van der Waals surface area contributed by atoms with Crippen LogP contribution < -0.4 is 14.8 Å². The Balaban J connectivity index is 1.74. The molecular weight excluding hydrogens is 425 g/mol. The molecule has 0 radical (unpaired) electrons. The number of nitrogens with zero attached hydrogens (tertiary/aromatic N) is 2. The number of halogens is 1. The minimum Gasteiger partial charge on any atom is -0.493 e. The molecule has 0 saturated heterocycles. The average Bonchev–Trinajstić information content (AvgIpc) is 2.75. The molecule has 0 aliphatic carbocycles. The number of ether oxygens (including phenoxy) is 2. The van der Waals surface area contributed by atoms with Crippen LogP contribution in [0.15, 0.2) is 58.6 Å². The first-order valence-electron chi connectivity index (χ1n) is 9.30. The minimum absolute atomic E-state index is 0.0585. The number of likely N-dealkylation sites (N-methyl/N-ethyl adjacent to an activating group) is 1. The predicted molar refractivity (Wildman–Crippen MR) is 114 cm³/mol. The molecule has 0 bridgehead atoms. The molecule has 0 spiro atoms. The number of methoxy groups -OCH3 is 2. The van der Waals surface area contributed by atoms with E-state index in [4.69, 9.17) is 9.47 Å². The topological polar surface area (TPSA) is 97.3 Å². The van der Waals surface area contributed by atoms with Gasteiger partial charge in [0.2, 0.25) is 0 Å². The van der Waals surface area contributed by atoms with Crippen molar-refractivity contribution in [2.75, 3.05) is 27.8 Å². The van der Waals surface area contributed by atoms with Gasteiger partial charge in [0, 0.05) is 19.2 Å². The van der Waals surface area contributed by atoms with Gasteiger partial charge < -0.3 is 14.8 Å². The molecule has 3 rings (SSSR count). The van der Waals surface area contributed by atoms with E-state index in [2.05, 4.69) is 9.71 Å². The van der Waals surface area contributed by atoms with Gasteiger partial charge in [-0.2, -0.15) is 8.42 Å². The summed E-state index contributed by atoms with van der Waals surface area (Å²) >= 11 is 0. The molecule has 2 aromatic carbocycles. The molecule has 0 atom stereocenters. The average molecular weight is 447 g/mol. The number of rotatable bonds is 7. The quantitative estimate of drug-likeness (QED) is 0.701. The van der Waals surface area contributed by atoms with E-state index in [1.54, 1.807) is 19.2 Å². The van der Waals surface area contributed by atoms with Crippen LogP contribution in [-0.2, 0) is 21.4 Å². The molecule has 1 N–H and O–H groups in total. The highest BCUT2D eigenvalue weighted by molar-refractivity contribution is 7.88. The standard InChI is InChI=1S/C21H22FN3O5S/c1-25-18(13-17(24-31(25,27)28)15-5-7-16(22)8-6-15)21(26)23-11-10-14-4-9-19(29-2)20(12-14)30-3/h4-9,12-13H,10-11H2,1-3H3,(H,23,26). The zero-order valence-electron chi connectivity index (χ0n) is 17.3. The third-order valence-electron chi connectivity index (χ3n) is 4.69. The first-order chi connectivity index (χ1) is 14.7. The number of allylic oxidation sites excluding steroid dienone is 1. The van der Waals surface area contributed by atoms with Crippen molar-refractivity contribution in [2.24, 2.45) is 4.40 Å². The van der Waals surface area contributed by atoms with Gasteiger partial charge in [-0.15, -0.1) is 4.40 Å². The molecule has 31 heavy (non-hydrogen) atoms. The Labute approximate surface area is 180 Å². The van der Waals surface area contributed by atoms with Crippen molar-refractivity contribution in [3.05, 3.63) is 71.2 Å². The van der Waals surface area contributed by atoms with Gasteiger partial charge >= 0.3 is 10.2 Å². The molecule has 10 heteroatoms. The molecule has 8 nitrogen and oxygen atoms in total. The third-order valence-corrected chi connectivity index (χ3v) is 6.01. The monoisotopic (exact) mass is 447 g/mol. The van der Waals surface area contributed by atoms with Gasteiger partial charge in [-0.25, -0.2) is 8.70 Å². The van der Waals surface area contributed by atoms with Gasteiger partial charge in [-0.3, -0.25) is 4.79 Å². The molecule has 0 saturated carbocycles. The maximum Gasteiger partial charge on any atom is 0.345 e. The van der Waals surface area contributed by atoms with Crippen LogP contribution >= 0.6 is 0 Å². The second-order valence-corrected chi connectivity index (χ2v) is 8.28. The van der Waals surface area contributed by atoms with Gasteiger partial charge in [0.25, 0.3) is 5.91 Å². The van der Waals surface area contributed by atoms with Gasteiger partial charge in [0.15, 0.2) is 11.5 Å². The first kappa shape index (κ1) is 22.3. The van der Waals surface area contributed by atoms with Crippen molar-refractivity contribution in [1.29, 1.82) is 0 Å². The molecule has 1 amide bonds. The first-order valence-corrected chi connectivity index (χ1v) is 10.7. The van der Waals surface area contributed by atoms with Gasteiger partial charge in [0.1, 0.15) is 11.5 Å². The van der Waals surface area contributed by atoms with Crippen molar-refractivity contribution in [2.45, 2.75) is 6.42 Å². The highest BCUT2D eigenvalue weighted by Gasteiger charge is 2.29. The summed E-state index contributed by atoms with van der Waals surface area (Å²) < 4.78 is 52.9. The predicted octanol–water partition coefficient (Wildman–Crippen LogP) is 2.07. The second kappa shape index (κ2) is 9.17. The largest absolute Gasteiger partial charge is 0.493 e. The van der Waals surface area contributed by atoms with Gasteiger partial charge in [-0.05, 0) is 54.5 Å². The summed E-state index contributed by atoms with van der Waals surface area (Å²) in [6.45, 7) is 0.266. The van der Waals surface area contributed by atoms with Crippen molar-refractivity contribution in [3.63, 3.8) is 0 Å². The number of benzene rings is 2. The maximum atomic E-state index is 13.2. The van der Waals surface area contributed by atoms with E-state index in [0.717, 1.165) is 9.87 Å². The number of hydrogen-bond acceptors (Lipinski definition) is 5. The van der Waals surface area contributed by atoms with Crippen LogP contribution in [0.25, 0.3) is 0 Å².